The Bertz CT molecular complexity index is 595. The number of benzene rings is 1. The highest BCUT2D eigenvalue weighted by atomic mass is 19.1. The molecule has 1 aromatic carbocycles. The summed E-state index contributed by atoms with van der Waals surface area (Å²) in [5.41, 5.74) is 0.878. The van der Waals surface area contributed by atoms with Gasteiger partial charge in [-0.05, 0) is 6.07 Å². The molecule has 0 aliphatic rings. The van der Waals surface area contributed by atoms with Crippen molar-refractivity contribution in [2.45, 2.75) is 6.54 Å². The SMILES string of the molecule is CN(C)c1cc(C#N)nn1Cc1ccccc1F. The lowest BCUT2D eigenvalue weighted by atomic mass is 10.2. The molecule has 0 fully saturated rings. The van der Waals surface area contributed by atoms with Gasteiger partial charge in [-0.3, -0.25) is 0 Å². The van der Waals surface area contributed by atoms with Gasteiger partial charge in [-0.2, -0.15) is 10.4 Å². The molecule has 0 aliphatic heterocycles. The average Bonchev–Trinajstić information content (AvgIpc) is 2.75. The lowest BCUT2D eigenvalue weighted by Gasteiger charge is -2.14. The summed E-state index contributed by atoms with van der Waals surface area (Å²) in [5.74, 6) is 0.506. The van der Waals surface area contributed by atoms with Crippen molar-refractivity contribution in [3.63, 3.8) is 0 Å². The molecule has 18 heavy (non-hydrogen) atoms. The molecule has 1 heterocycles. The first-order chi connectivity index (χ1) is 8.61. The Morgan fingerprint density at radius 2 is 2.11 bits per heavy atom. The lowest BCUT2D eigenvalue weighted by Crippen LogP contribution is -2.16. The molecular formula is C13H13FN4. The summed E-state index contributed by atoms with van der Waals surface area (Å²) < 4.78 is 15.2. The van der Waals surface area contributed by atoms with Gasteiger partial charge in [-0.1, -0.05) is 18.2 Å². The number of rotatable bonds is 3. The molecule has 0 radical (unpaired) electrons. The largest absolute Gasteiger partial charge is 0.363 e. The van der Waals surface area contributed by atoms with Crippen molar-refractivity contribution in [1.82, 2.24) is 9.78 Å². The van der Waals surface area contributed by atoms with Crippen LogP contribution in [0.5, 0.6) is 0 Å². The second-order valence-corrected chi connectivity index (χ2v) is 4.14. The van der Waals surface area contributed by atoms with Gasteiger partial charge in [0.2, 0.25) is 0 Å². The van der Waals surface area contributed by atoms with E-state index in [9.17, 15) is 4.39 Å². The van der Waals surface area contributed by atoms with Crippen molar-refractivity contribution in [2.24, 2.45) is 0 Å². The molecule has 0 spiro atoms. The van der Waals surface area contributed by atoms with Gasteiger partial charge in [-0.25, -0.2) is 9.07 Å². The highest BCUT2D eigenvalue weighted by molar-refractivity contribution is 5.43. The summed E-state index contributed by atoms with van der Waals surface area (Å²) in [6.45, 7) is 0.307. The summed E-state index contributed by atoms with van der Waals surface area (Å²) in [7, 11) is 3.71. The Kier molecular flexibility index (Phi) is 3.28. The van der Waals surface area contributed by atoms with Gasteiger partial charge in [-0.15, -0.1) is 0 Å². The van der Waals surface area contributed by atoms with E-state index in [-0.39, 0.29) is 5.82 Å². The molecule has 1 aromatic heterocycles. The summed E-state index contributed by atoms with van der Waals surface area (Å²) in [6, 6.07) is 10.2. The molecule has 0 unspecified atom stereocenters. The highest BCUT2D eigenvalue weighted by Crippen LogP contribution is 2.16. The smallest absolute Gasteiger partial charge is 0.164 e. The van der Waals surface area contributed by atoms with E-state index < -0.39 is 0 Å². The molecule has 0 saturated carbocycles. The summed E-state index contributed by atoms with van der Waals surface area (Å²) >= 11 is 0. The van der Waals surface area contributed by atoms with Crippen LogP contribution in [-0.2, 0) is 6.54 Å². The zero-order valence-corrected chi connectivity index (χ0v) is 10.3. The maximum Gasteiger partial charge on any atom is 0.164 e. The first-order valence-electron chi connectivity index (χ1n) is 5.50. The van der Waals surface area contributed by atoms with Crippen LogP contribution in [0.25, 0.3) is 0 Å². The molecule has 0 amide bonds. The van der Waals surface area contributed by atoms with Gasteiger partial charge in [0.1, 0.15) is 17.7 Å². The Hall–Kier alpha value is -2.35. The fourth-order valence-corrected chi connectivity index (χ4v) is 1.73. The second kappa shape index (κ2) is 4.88. The predicted octanol–water partition coefficient (Wildman–Crippen LogP) is 2.01. The molecule has 92 valence electrons. The first kappa shape index (κ1) is 12.1. The average molecular weight is 244 g/mol. The van der Waals surface area contributed by atoms with Crippen LogP contribution in [0, 0.1) is 17.1 Å². The fraction of sp³-hybridized carbons (Fsp3) is 0.231. The number of nitriles is 1. The van der Waals surface area contributed by atoms with Crippen molar-refractivity contribution in [1.29, 1.82) is 5.26 Å². The van der Waals surface area contributed by atoms with E-state index in [1.165, 1.54) is 6.07 Å². The van der Waals surface area contributed by atoms with Crippen molar-refractivity contribution in [3.8, 4) is 6.07 Å². The van der Waals surface area contributed by atoms with Crippen molar-refractivity contribution < 1.29 is 4.39 Å². The number of nitrogens with zero attached hydrogens (tertiary/aromatic N) is 4. The first-order valence-corrected chi connectivity index (χ1v) is 5.50. The quantitative estimate of drug-likeness (QED) is 0.829. The number of hydrogen-bond donors (Lipinski definition) is 0. The monoisotopic (exact) mass is 244 g/mol. The van der Waals surface area contributed by atoms with Gasteiger partial charge in [0.25, 0.3) is 0 Å². The van der Waals surface area contributed by atoms with Crippen LogP contribution < -0.4 is 4.90 Å². The number of aromatic nitrogens is 2. The summed E-state index contributed by atoms with van der Waals surface area (Å²) in [4.78, 5) is 1.84. The number of anilines is 1. The fourth-order valence-electron chi connectivity index (χ4n) is 1.73. The minimum atomic E-state index is -0.267. The van der Waals surface area contributed by atoms with E-state index in [4.69, 9.17) is 5.26 Å². The Morgan fingerprint density at radius 3 is 2.72 bits per heavy atom. The maximum absolute atomic E-state index is 13.6. The molecule has 2 aromatic rings. The van der Waals surface area contributed by atoms with Crippen LogP contribution in [0.15, 0.2) is 30.3 Å². The van der Waals surface area contributed by atoms with Crippen LogP contribution >= 0.6 is 0 Å². The maximum atomic E-state index is 13.6. The second-order valence-electron chi connectivity index (χ2n) is 4.14. The topological polar surface area (TPSA) is 44.9 Å². The normalized spacial score (nSPS) is 10.1. The standard InChI is InChI=1S/C13H13FN4/c1-17(2)13-7-11(8-15)16-18(13)9-10-5-3-4-6-12(10)14/h3-7H,9H2,1-2H3. The third kappa shape index (κ3) is 2.33. The van der Waals surface area contributed by atoms with Gasteiger partial charge < -0.3 is 4.90 Å². The van der Waals surface area contributed by atoms with E-state index in [2.05, 4.69) is 5.10 Å². The molecular weight excluding hydrogens is 231 g/mol. The van der Waals surface area contributed by atoms with E-state index in [1.54, 1.807) is 28.9 Å². The third-order valence-corrected chi connectivity index (χ3v) is 2.61. The van der Waals surface area contributed by atoms with Gasteiger partial charge >= 0.3 is 0 Å². The number of hydrogen-bond acceptors (Lipinski definition) is 3. The molecule has 0 bridgehead atoms. The lowest BCUT2D eigenvalue weighted by molar-refractivity contribution is 0.584. The molecule has 2 rings (SSSR count). The Balaban J connectivity index is 2.37. The Labute approximate surface area is 105 Å². The summed E-state index contributed by atoms with van der Waals surface area (Å²) in [6.07, 6.45) is 0. The minimum Gasteiger partial charge on any atom is -0.363 e. The van der Waals surface area contributed by atoms with Crippen LogP contribution in [0.2, 0.25) is 0 Å². The van der Waals surface area contributed by atoms with E-state index in [1.807, 2.05) is 25.1 Å². The predicted molar refractivity (Wildman–Crippen MR) is 66.8 cm³/mol. The highest BCUT2D eigenvalue weighted by Gasteiger charge is 2.11. The van der Waals surface area contributed by atoms with Crippen molar-refractivity contribution in [2.75, 3.05) is 19.0 Å². The van der Waals surface area contributed by atoms with Crippen LogP contribution in [-0.4, -0.2) is 23.9 Å². The van der Waals surface area contributed by atoms with Gasteiger partial charge in [0, 0.05) is 25.7 Å². The number of halogens is 1. The van der Waals surface area contributed by atoms with Crippen molar-refractivity contribution in [3.05, 3.63) is 47.4 Å². The van der Waals surface area contributed by atoms with Crippen LogP contribution in [0.3, 0.4) is 0 Å². The van der Waals surface area contributed by atoms with Crippen molar-refractivity contribution >= 4 is 5.82 Å². The van der Waals surface area contributed by atoms with E-state index >= 15 is 0 Å². The minimum absolute atomic E-state index is 0.267. The molecule has 5 heteroatoms. The van der Waals surface area contributed by atoms with Crippen LogP contribution in [0.1, 0.15) is 11.3 Å². The molecule has 0 atom stereocenters. The van der Waals surface area contributed by atoms with Gasteiger partial charge in [0.15, 0.2) is 5.69 Å². The van der Waals surface area contributed by atoms with E-state index in [0.717, 1.165) is 5.82 Å². The van der Waals surface area contributed by atoms with Gasteiger partial charge in [0.05, 0.1) is 6.54 Å². The summed E-state index contributed by atoms with van der Waals surface area (Å²) in [5, 5.41) is 13.0. The van der Waals surface area contributed by atoms with Crippen LogP contribution in [0.4, 0.5) is 10.2 Å². The molecule has 0 saturated heterocycles. The zero-order chi connectivity index (χ0) is 13.1. The molecule has 0 N–H and O–H groups in total. The molecule has 0 aliphatic carbocycles. The van der Waals surface area contributed by atoms with E-state index in [0.29, 0.717) is 17.8 Å². The third-order valence-electron chi connectivity index (χ3n) is 2.61. The zero-order valence-electron chi connectivity index (χ0n) is 10.3. The Morgan fingerprint density at radius 1 is 1.39 bits per heavy atom. The molecule has 4 nitrogen and oxygen atoms in total.